The summed E-state index contributed by atoms with van der Waals surface area (Å²) in [6.45, 7) is 0. The van der Waals surface area contributed by atoms with Crippen molar-refractivity contribution in [3.63, 3.8) is 0 Å². The molecule has 2 saturated heterocycles. The fourth-order valence-electron chi connectivity index (χ4n) is 3.07. The molecule has 2 nitrogen and oxygen atoms in total. The van der Waals surface area contributed by atoms with Gasteiger partial charge in [-0.15, -0.1) is 0 Å². The zero-order valence-corrected chi connectivity index (χ0v) is 10.1. The zero-order valence-electron chi connectivity index (χ0n) is 9.33. The SMILES string of the molecule is O=C1CC2CCC(C1)N2c1c(F)cccc1Cl. The first-order valence-corrected chi connectivity index (χ1v) is 6.28. The van der Waals surface area contributed by atoms with Gasteiger partial charge in [0, 0.05) is 24.9 Å². The van der Waals surface area contributed by atoms with Crippen molar-refractivity contribution in [2.45, 2.75) is 37.8 Å². The number of para-hydroxylation sites is 1. The summed E-state index contributed by atoms with van der Waals surface area (Å²) in [6, 6.07) is 5.01. The van der Waals surface area contributed by atoms with Crippen molar-refractivity contribution in [2.75, 3.05) is 4.90 Å². The molecule has 2 aliphatic heterocycles. The average Bonchev–Trinajstić information content (AvgIpc) is 2.54. The van der Waals surface area contributed by atoms with E-state index in [0.29, 0.717) is 29.3 Å². The average molecular weight is 254 g/mol. The van der Waals surface area contributed by atoms with Crippen molar-refractivity contribution < 1.29 is 9.18 Å². The molecule has 0 radical (unpaired) electrons. The van der Waals surface area contributed by atoms with Gasteiger partial charge in [-0.05, 0) is 25.0 Å². The Morgan fingerprint density at radius 3 is 2.47 bits per heavy atom. The Hall–Kier alpha value is -1.09. The van der Waals surface area contributed by atoms with Crippen LogP contribution in [0.3, 0.4) is 0 Å². The van der Waals surface area contributed by atoms with Crippen molar-refractivity contribution in [1.82, 2.24) is 0 Å². The third-order valence-corrected chi connectivity index (χ3v) is 4.05. The number of fused-ring (bicyclic) bond motifs is 2. The number of benzene rings is 1. The van der Waals surface area contributed by atoms with Crippen LogP contribution in [0.1, 0.15) is 25.7 Å². The maximum atomic E-state index is 13.9. The second-order valence-corrected chi connectivity index (χ2v) is 5.22. The molecule has 0 aromatic heterocycles. The Labute approximate surface area is 104 Å². The highest BCUT2D eigenvalue weighted by Gasteiger charge is 2.41. The Morgan fingerprint density at radius 1 is 1.24 bits per heavy atom. The van der Waals surface area contributed by atoms with Gasteiger partial charge in [0.1, 0.15) is 11.6 Å². The molecule has 3 rings (SSSR count). The number of rotatable bonds is 1. The van der Waals surface area contributed by atoms with Crippen LogP contribution in [0.4, 0.5) is 10.1 Å². The molecule has 1 aromatic carbocycles. The highest BCUT2D eigenvalue weighted by Crippen LogP contribution is 2.41. The molecule has 0 amide bonds. The summed E-state index contributed by atoms with van der Waals surface area (Å²) in [4.78, 5) is 13.5. The molecule has 2 bridgehead atoms. The summed E-state index contributed by atoms with van der Waals surface area (Å²) in [5.41, 5.74) is 0.481. The van der Waals surface area contributed by atoms with Crippen LogP contribution >= 0.6 is 11.6 Å². The second-order valence-electron chi connectivity index (χ2n) is 4.81. The van der Waals surface area contributed by atoms with Gasteiger partial charge >= 0.3 is 0 Å². The molecule has 0 spiro atoms. The maximum Gasteiger partial charge on any atom is 0.148 e. The van der Waals surface area contributed by atoms with Crippen LogP contribution in [0.15, 0.2) is 18.2 Å². The van der Waals surface area contributed by atoms with Crippen LogP contribution in [0.5, 0.6) is 0 Å². The number of anilines is 1. The molecule has 0 aliphatic carbocycles. The van der Waals surface area contributed by atoms with Crippen LogP contribution in [0.2, 0.25) is 5.02 Å². The number of nitrogens with zero attached hydrogens (tertiary/aromatic N) is 1. The van der Waals surface area contributed by atoms with Gasteiger partial charge in [-0.1, -0.05) is 17.7 Å². The zero-order chi connectivity index (χ0) is 12.0. The van der Waals surface area contributed by atoms with Gasteiger partial charge in [0.05, 0.1) is 10.7 Å². The van der Waals surface area contributed by atoms with Gasteiger partial charge < -0.3 is 4.90 Å². The molecule has 1 aromatic rings. The highest BCUT2D eigenvalue weighted by molar-refractivity contribution is 6.33. The monoisotopic (exact) mass is 253 g/mol. The van der Waals surface area contributed by atoms with Crippen molar-refractivity contribution in [3.8, 4) is 0 Å². The standard InChI is InChI=1S/C13H13ClFNO/c14-11-2-1-3-12(15)13(11)16-8-4-5-9(16)7-10(17)6-8/h1-3,8-9H,4-7H2. The van der Waals surface area contributed by atoms with Gasteiger partial charge in [0.15, 0.2) is 0 Å². The minimum Gasteiger partial charge on any atom is -0.361 e. The highest BCUT2D eigenvalue weighted by atomic mass is 35.5. The third kappa shape index (κ3) is 1.73. The van der Waals surface area contributed by atoms with E-state index in [1.165, 1.54) is 6.07 Å². The number of hydrogen-bond acceptors (Lipinski definition) is 2. The van der Waals surface area contributed by atoms with Gasteiger partial charge in [-0.3, -0.25) is 4.79 Å². The lowest BCUT2D eigenvalue weighted by Gasteiger charge is -2.36. The van der Waals surface area contributed by atoms with Crippen LogP contribution < -0.4 is 4.90 Å². The number of halogens is 2. The number of Topliss-reactive ketones (excluding diaryl/α,β-unsaturated/α-hetero) is 1. The first-order chi connectivity index (χ1) is 8.16. The maximum absolute atomic E-state index is 13.9. The van der Waals surface area contributed by atoms with Gasteiger partial charge in [0.2, 0.25) is 0 Å². The first kappa shape index (κ1) is 11.0. The predicted octanol–water partition coefficient (Wildman–Crippen LogP) is 3.18. The normalized spacial score (nSPS) is 27.6. The Bertz CT molecular complexity index is 440. The number of carbonyl (C=O) groups is 1. The smallest absolute Gasteiger partial charge is 0.148 e. The summed E-state index contributed by atoms with van der Waals surface area (Å²) in [5, 5.41) is 0.441. The minimum absolute atomic E-state index is 0.135. The molecule has 0 saturated carbocycles. The van der Waals surface area contributed by atoms with Crippen LogP contribution in [0.25, 0.3) is 0 Å². The molecule has 2 heterocycles. The molecule has 2 unspecified atom stereocenters. The van der Waals surface area contributed by atoms with Crippen molar-refractivity contribution >= 4 is 23.1 Å². The van der Waals surface area contributed by atoms with Crippen LogP contribution in [-0.4, -0.2) is 17.9 Å². The molecular formula is C13H13ClFNO. The third-order valence-electron chi connectivity index (χ3n) is 3.74. The van der Waals surface area contributed by atoms with Crippen molar-refractivity contribution in [1.29, 1.82) is 0 Å². The number of ketones is 1. The number of carbonyl (C=O) groups excluding carboxylic acids is 1. The van der Waals surface area contributed by atoms with Crippen LogP contribution in [0, 0.1) is 5.82 Å². The van der Waals surface area contributed by atoms with E-state index in [9.17, 15) is 9.18 Å². The van der Waals surface area contributed by atoms with E-state index in [1.54, 1.807) is 12.1 Å². The lowest BCUT2D eigenvalue weighted by Crippen LogP contribution is -2.43. The Morgan fingerprint density at radius 2 is 1.88 bits per heavy atom. The fraction of sp³-hybridized carbons (Fsp3) is 0.462. The first-order valence-electron chi connectivity index (χ1n) is 5.91. The molecule has 0 N–H and O–H groups in total. The quantitative estimate of drug-likeness (QED) is 0.766. The Balaban J connectivity index is 2.03. The number of hydrogen-bond donors (Lipinski definition) is 0. The molecule has 4 heteroatoms. The molecule has 17 heavy (non-hydrogen) atoms. The van der Waals surface area contributed by atoms with Gasteiger partial charge in [-0.2, -0.15) is 0 Å². The lowest BCUT2D eigenvalue weighted by atomic mass is 10.0. The molecular weight excluding hydrogens is 241 g/mol. The van der Waals surface area contributed by atoms with E-state index >= 15 is 0 Å². The summed E-state index contributed by atoms with van der Waals surface area (Å²) in [7, 11) is 0. The molecule has 2 atom stereocenters. The predicted molar refractivity (Wildman–Crippen MR) is 64.9 cm³/mol. The van der Waals surface area contributed by atoms with E-state index < -0.39 is 0 Å². The van der Waals surface area contributed by atoms with E-state index in [0.717, 1.165) is 12.8 Å². The summed E-state index contributed by atoms with van der Waals surface area (Å²) in [6.07, 6.45) is 2.98. The second kappa shape index (κ2) is 3.98. The lowest BCUT2D eigenvalue weighted by molar-refractivity contribution is -0.120. The fourth-order valence-corrected chi connectivity index (χ4v) is 3.33. The minimum atomic E-state index is -0.288. The summed E-state index contributed by atoms with van der Waals surface area (Å²) < 4.78 is 13.9. The molecule has 2 fully saturated rings. The van der Waals surface area contributed by atoms with Gasteiger partial charge in [-0.25, -0.2) is 4.39 Å². The van der Waals surface area contributed by atoms with Gasteiger partial charge in [0.25, 0.3) is 0 Å². The topological polar surface area (TPSA) is 20.3 Å². The largest absolute Gasteiger partial charge is 0.361 e. The van der Waals surface area contributed by atoms with Crippen molar-refractivity contribution in [3.05, 3.63) is 29.0 Å². The van der Waals surface area contributed by atoms with E-state index in [-0.39, 0.29) is 17.9 Å². The summed E-state index contributed by atoms with van der Waals surface area (Å²) in [5.74, 6) is 0.00459. The van der Waals surface area contributed by atoms with Crippen molar-refractivity contribution in [2.24, 2.45) is 0 Å². The molecule has 2 aliphatic rings. The Kier molecular flexibility index (Phi) is 2.58. The number of piperidine rings is 1. The van der Waals surface area contributed by atoms with E-state index in [2.05, 4.69) is 0 Å². The van der Waals surface area contributed by atoms with E-state index in [4.69, 9.17) is 11.6 Å². The van der Waals surface area contributed by atoms with Crippen LogP contribution in [-0.2, 0) is 4.79 Å². The summed E-state index contributed by atoms with van der Waals surface area (Å²) >= 11 is 6.09. The van der Waals surface area contributed by atoms with E-state index in [1.807, 2.05) is 4.90 Å². The molecule has 90 valence electrons.